The molecule has 102 valence electrons. The summed E-state index contributed by atoms with van der Waals surface area (Å²) in [5.74, 6) is 0.970. The molecule has 18 heavy (non-hydrogen) atoms. The number of amides is 1. The van der Waals surface area contributed by atoms with Gasteiger partial charge in [0.1, 0.15) is 11.3 Å². The Balaban J connectivity index is 2.22. The molecule has 0 saturated heterocycles. The quantitative estimate of drug-likeness (QED) is 0.757. The molecule has 0 bridgehead atoms. The van der Waals surface area contributed by atoms with Gasteiger partial charge < -0.3 is 14.6 Å². The second-order valence-corrected chi connectivity index (χ2v) is 4.78. The molecule has 0 saturated carbocycles. The topological polar surface area (TPSA) is 64.4 Å². The molecule has 1 amide bonds. The Morgan fingerprint density at radius 3 is 2.72 bits per heavy atom. The van der Waals surface area contributed by atoms with Gasteiger partial charge in [-0.25, -0.2) is 0 Å². The van der Waals surface area contributed by atoms with Gasteiger partial charge in [0.25, 0.3) is 5.91 Å². The Labute approximate surface area is 108 Å². The third kappa shape index (κ3) is 4.49. The van der Waals surface area contributed by atoms with Crippen LogP contribution in [0.25, 0.3) is 0 Å². The second-order valence-electron chi connectivity index (χ2n) is 4.78. The van der Waals surface area contributed by atoms with Crippen molar-refractivity contribution in [2.24, 2.45) is 5.92 Å². The van der Waals surface area contributed by atoms with Crippen molar-refractivity contribution in [1.29, 1.82) is 0 Å². The zero-order valence-corrected chi connectivity index (χ0v) is 11.6. The number of ether oxygens (including phenoxy) is 1. The van der Waals surface area contributed by atoms with E-state index in [2.05, 4.69) is 24.3 Å². The standard InChI is InChI=1S/C13H22N2O3/c1-9(2)8-17-7-5-6-14-13(16)12-10(3)15-18-11(12)4/h9H,5-8H2,1-4H3,(H,14,16). The van der Waals surface area contributed by atoms with Gasteiger partial charge in [-0.05, 0) is 26.2 Å². The summed E-state index contributed by atoms with van der Waals surface area (Å²) in [6.07, 6.45) is 0.807. The summed E-state index contributed by atoms with van der Waals surface area (Å²) in [6, 6.07) is 0. The third-order valence-electron chi connectivity index (χ3n) is 2.46. The van der Waals surface area contributed by atoms with Gasteiger partial charge in [0, 0.05) is 19.8 Å². The zero-order valence-electron chi connectivity index (χ0n) is 11.6. The molecule has 1 aromatic heterocycles. The van der Waals surface area contributed by atoms with E-state index in [4.69, 9.17) is 9.26 Å². The van der Waals surface area contributed by atoms with E-state index in [0.717, 1.165) is 13.0 Å². The summed E-state index contributed by atoms with van der Waals surface area (Å²) in [5.41, 5.74) is 1.17. The Morgan fingerprint density at radius 2 is 2.17 bits per heavy atom. The summed E-state index contributed by atoms with van der Waals surface area (Å²) in [4.78, 5) is 11.8. The number of nitrogens with one attached hydrogen (secondary N) is 1. The van der Waals surface area contributed by atoms with Crippen LogP contribution in [-0.4, -0.2) is 30.8 Å². The van der Waals surface area contributed by atoms with E-state index in [9.17, 15) is 4.79 Å². The molecule has 0 spiro atoms. The molecule has 1 heterocycles. The maximum atomic E-state index is 11.8. The van der Waals surface area contributed by atoms with Gasteiger partial charge in [-0.3, -0.25) is 4.79 Å². The Morgan fingerprint density at radius 1 is 1.44 bits per heavy atom. The molecular weight excluding hydrogens is 232 g/mol. The Hall–Kier alpha value is -1.36. The van der Waals surface area contributed by atoms with Gasteiger partial charge >= 0.3 is 0 Å². The number of carbonyl (C=O) groups excluding carboxylic acids is 1. The van der Waals surface area contributed by atoms with Crippen molar-refractivity contribution in [3.63, 3.8) is 0 Å². The number of aryl methyl sites for hydroxylation is 2. The maximum Gasteiger partial charge on any atom is 0.256 e. The van der Waals surface area contributed by atoms with Crippen molar-refractivity contribution >= 4 is 5.91 Å². The lowest BCUT2D eigenvalue weighted by molar-refractivity contribution is 0.0923. The van der Waals surface area contributed by atoms with Crippen LogP contribution in [0.1, 0.15) is 42.1 Å². The number of rotatable bonds is 7. The first-order chi connectivity index (χ1) is 8.52. The van der Waals surface area contributed by atoms with E-state index in [0.29, 0.717) is 36.1 Å². The van der Waals surface area contributed by atoms with Crippen molar-refractivity contribution in [3.8, 4) is 0 Å². The number of nitrogens with zero attached hydrogens (tertiary/aromatic N) is 1. The van der Waals surface area contributed by atoms with Gasteiger partial charge in [-0.2, -0.15) is 0 Å². The van der Waals surface area contributed by atoms with Gasteiger partial charge in [0.15, 0.2) is 0 Å². The van der Waals surface area contributed by atoms with E-state index in [1.807, 2.05) is 0 Å². The summed E-state index contributed by atoms with van der Waals surface area (Å²) in [5, 5.41) is 6.59. The highest BCUT2D eigenvalue weighted by Crippen LogP contribution is 2.11. The molecular formula is C13H22N2O3. The van der Waals surface area contributed by atoms with Crippen LogP contribution in [0, 0.1) is 19.8 Å². The fraction of sp³-hybridized carbons (Fsp3) is 0.692. The summed E-state index contributed by atoms with van der Waals surface area (Å²) >= 11 is 0. The fourth-order valence-electron chi connectivity index (χ4n) is 1.59. The lowest BCUT2D eigenvalue weighted by Gasteiger charge is -2.07. The third-order valence-corrected chi connectivity index (χ3v) is 2.46. The first kappa shape index (κ1) is 14.7. The SMILES string of the molecule is Cc1noc(C)c1C(=O)NCCCOCC(C)C. The number of aromatic nitrogens is 1. The molecule has 0 aromatic carbocycles. The molecule has 0 aliphatic heterocycles. The minimum atomic E-state index is -0.130. The fourth-order valence-corrected chi connectivity index (χ4v) is 1.59. The van der Waals surface area contributed by atoms with Crippen molar-refractivity contribution in [3.05, 3.63) is 17.0 Å². The van der Waals surface area contributed by atoms with Crippen LogP contribution in [0.15, 0.2) is 4.52 Å². The molecule has 1 aromatic rings. The van der Waals surface area contributed by atoms with Gasteiger partial charge in [0.05, 0.1) is 5.69 Å². The minimum absolute atomic E-state index is 0.130. The average Bonchev–Trinajstić information content (AvgIpc) is 2.63. The first-order valence-electron chi connectivity index (χ1n) is 6.31. The van der Waals surface area contributed by atoms with Gasteiger partial charge in [0.2, 0.25) is 0 Å². The molecule has 0 fully saturated rings. The molecule has 0 aliphatic rings. The smallest absolute Gasteiger partial charge is 0.256 e. The van der Waals surface area contributed by atoms with E-state index < -0.39 is 0 Å². The second kappa shape index (κ2) is 7.16. The number of hydrogen-bond donors (Lipinski definition) is 1. The van der Waals surface area contributed by atoms with Crippen molar-refractivity contribution in [2.45, 2.75) is 34.1 Å². The van der Waals surface area contributed by atoms with Crippen molar-refractivity contribution < 1.29 is 14.1 Å². The molecule has 0 atom stereocenters. The highest BCUT2D eigenvalue weighted by atomic mass is 16.5. The predicted octanol–water partition coefficient (Wildman–Crippen LogP) is 2.08. The molecule has 1 rings (SSSR count). The number of carbonyl (C=O) groups is 1. The van der Waals surface area contributed by atoms with Crippen LogP contribution in [0.4, 0.5) is 0 Å². The van der Waals surface area contributed by atoms with Crippen LogP contribution in [0.5, 0.6) is 0 Å². The van der Waals surface area contributed by atoms with Crippen molar-refractivity contribution in [1.82, 2.24) is 10.5 Å². The molecule has 5 heteroatoms. The highest BCUT2D eigenvalue weighted by molar-refractivity contribution is 5.96. The lowest BCUT2D eigenvalue weighted by atomic mass is 10.2. The summed E-state index contributed by atoms with van der Waals surface area (Å²) < 4.78 is 10.4. The van der Waals surface area contributed by atoms with Crippen LogP contribution in [0.2, 0.25) is 0 Å². The highest BCUT2D eigenvalue weighted by Gasteiger charge is 2.16. The summed E-state index contributed by atoms with van der Waals surface area (Å²) in [6.45, 7) is 9.75. The largest absolute Gasteiger partial charge is 0.381 e. The van der Waals surface area contributed by atoms with Crippen molar-refractivity contribution in [2.75, 3.05) is 19.8 Å². The van der Waals surface area contributed by atoms with Crippen LogP contribution in [-0.2, 0) is 4.74 Å². The Kier molecular flexibility index (Phi) is 5.85. The predicted molar refractivity (Wildman–Crippen MR) is 68.6 cm³/mol. The van der Waals surface area contributed by atoms with E-state index >= 15 is 0 Å². The molecule has 0 unspecified atom stereocenters. The molecule has 1 N–H and O–H groups in total. The van der Waals surface area contributed by atoms with Crippen LogP contribution < -0.4 is 5.32 Å². The molecule has 0 radical (unpaired) electrons. The van der Waals surface area contributed by atoms with E-state index in [-0.39, 0.29) is 5.91 Å². The van der Waals surface area contributed by atoms with Crippen LogP contribution >= 0.6 is 0 Å². The lowest BCUT2D eigenvalue weighted by Crippen LogP contribution is -2.26. The van der Waals surface area contributed by atoms with E-state index in [1.54, 1.807) is 13.8 Å². The minimum Gasteiger partial charge on any atom is -0.381 e. The zero-order chi connectivity index (χ0) is 13.5. The Bertz CT molecular complexity index is 366. The normalized spacial score (nSPS) is 10.9. The molecule has 0 aliphatic carbocycles. The molecule has 5 nitrogen and oxygen atoms in total. The van der Waals surface area contributed by atoms with Gasteiger partial charge in [-0.1, -0.05) is 19.0 Å². The van der Waals surface area contributed by atoms with Crippen LogP contribution in [0.3, 0.4) is 0 Å². The average molecular weight is 254 g/mol. The number of hydrogen-bond acceptors (Lipinski definition) is 4. The maximum absolute atomic E-state index is 11.8. The summed E-state index contributed by atoms with van der Waals surface area (Å²) in [7, 11) is 0. The monoisotopic (exact) mass is 254 g/mol. The van der Waals surface area contributed by atoms with Gasteiger partial charge in [-0.15, -0.1) is 0 Å². The first-order valence-corrected chi connectivity index (χ1v) is 6.31. The van der Waals surface area contributed by atoms with E-state index in [1.165, 1.54) is 0 Å².